The van der Waals surface area contributed by atoms with Crippen molar-refractivity contribution in [3.8, 4) is 0 Å². The van der Waals surface area contributed by atoms with Gasteiger partial charge < -0.3 is 10.2 Å². The van der Waals surface area contributed by atoms with Crippen LogP contribution in [0.15, 0.2) is 0 Å². The van der Waals surface area contributed by atoms with Crippen LogP contribution < -0.4 is 0 Å². The van der Waals surface area contributed by atoms with E-state index in [4.69, 9.17) is 0 Å². The van der Waals surface area contributed by atoms with Gasteiger partial charge in [-0.3, -0.25) is 9.59 Å². The fourth-order valence-electron chi connectivity index (χ4n) is 5.31. The maximum absolute atomic E-state index is 11.2. The van der Waals surface area contributed by atoms with Gasteiger partial charge in [-0.2, -0.15) is 0 Å². The maximum atomic E-state index is 11.2. The van der Waals surface area contributed by atoms with Crippen LogP contribution in [0.5, 0.6) is 0 Å². The minimum Gasteiger partial charge on any atom is -0.481 e. The third-order valence-corrected chi connectivity index (χ3v) is 6.45. The zero-order chi connectivity index (χ0) is 16.7. The van der Waals surface area contributed by atoms with Gasteiger partial charge in [0, 0.05) is 12.8 Å². The Balaban J connectivity index is 2.24. The predicted molar refractivity (Wildman–Crippen MR) is 89.3 cm³/mol. The second kappa shape index (κ2) is 8.70. The molecular weight excluding hydrogens is 292 g/mol. The number of carboxylic acid groups (broad SMARTS) is 2. The molecule has 0 radical (unpaired) electrons. The fraction of sp³-hybridized carbons (Fsp3) is 0.895. The molecule has 0 bridgehead atoms. The smallest absolute Gasteiger partial charge is 0.303 e. The summed E-state index contributed by atoms with van der Waals surface area (Å²) in [5, 5.41) is 18.5. The monoisotopic (exact) mass is 324 g/mol. The molecule has 0 aromatic carbocycles. The molecule has 0 heterocycles. The topological polar surface area (TPSA) is 74.6 Å². The molecule has 4 heteroatoms. The van der Waals surface area contributed by atoms with E-state index in [1.54, 1.807) is 0 Å². The lowest BCUT2D eigenvalue weighted by Gasteiger charge is -2.50. The molecule has 23 heavy (non-hydrogen) atoms. The van der Waals surface area contributed by atoms with Gasteiger partial charge in [0.25, 0.3) is 0 Å². The molecule has 2 saturated carbocycles. The first-order chi connectivity index (χ1) is 11.0. The Kier molecular flexibility index (Phi) is 6.91. The van der Waals surface area contributed by atoms with Crippen LogP contribution in [0.4, 0.5) is 0 Å². The second-order valence-corrected chi connectivity index (χ2v) is 7.69. The normalized spacial score (nSPS) is 21.2. The second-order valence-electron chi connectivity index (χ2n) is 7.69. The zero-order valence-electron chi connectivity index (χ0n) is 14.3. The van der Waals surface area contributed by atoms with E-state index in [0.717, 1.165) is 25.7 Å². The summed E-state index contributed by atoms with van der Waals surface area (Å²) in [6.07, 6.45) is 13.8. The SMILES string of the molecule is O=C(O)CCC(CCC(=O)O)(C1CCCCC1)C1CCCCC1. The van der Waals surface area contributed by atoms with Crippen LogP contribution in [-0.2, 0) is 9.59 Å². The summed E-state index contributed by atoms with van der Waals surface area (Å²) in [6, 6.07) is 0. The van der Waals surface area contributed by atoms with E-state index in [1.807, 2.05) is 0 Å². The molecule has 2 aliphatic carbocycles. The number of carboxylic acids is 2. The average molecular weight is 324 g/mol. The number of hydrogen-bond donors (Lipinski definition) is 2. The molecule has 0 amide bonds. The maximum Gasteiger partial charge on any atom is 0.303 e. The van der Waals surface area contributed by atoms with E-state index in [1.165, 1.54) is 38.5 Å². The van der Waals surface area contributed by atoms with Crippen molar-refractivity contribution < 1.29 is 19.8 Å². The van der Waals surface area contributed by atoms with Crippen molar-refractivity contribution >= 4 is 11.9 Å². The van der Waals surface area contributed by atoms with Crippen LogP contribution in [0.3, 0.4) is 0 Å². The van der Waals surface area contributed by atoms with E-state index in [2.05, 4.69) is 0 Å². The first-order valence-electron chi connectivity index (χ1n) is 9.48. The molecule has 2 fully saturated rings. The zero-order valence-corrected chi connectivity index (χ0v) is 14.3. The quantitative estimate of drug-likeness (QED) is 0.668. The molecular formula is C19H32O4. The average Bonchev–Trinajstić information content (AvgIpc) is 2.56. The van der Waals surface area contributed by atoms with Gasteiger partial charge in [-0.05, 0) is 55.8 Å². The third-order valence-electron chi connectivity index (χ3n) is 6.45. The van der Waals surface area contributed by atoms with Crippen molar-refractivity contribution in [3.05, 3.63) is 0 Å². The number of aliphatic carboxylic acids is 2. The Hall–Kier alpha value is -1.06. The molecule has 4 nitrogen and oxygen atoms in total. The van der Waals surface area contributed by atoms with Crippen molar-refractivity contribution in [2.75, 3.05) is 0 Å². The summed E-state index contributed by atoms with van der Waals surface area (Å²) < 4.78 is 0. The van der Waals surface area contributed by atoms with Gasteiger partial charge in [0.05, 0.1) is 0 Å². The Bertz CT molecular complexity index is 354. The van der Waals surface area contributed by atoms with Crippen molar-refractivity contribution in [2.24, 2.45) is 17.3 Å². The van der Waals surface area contributed by atoms with Gasteiger partial charge in [-0.1, -0.05) is 38.5 Å². The number of rotatable bonds is 8. The first kappa shape index (κ1) is 18.3. The van der Waals surface area contributed by atoms with Crippen molar-refractivity contribution in [1.29, 1.82) is 0 Å². The van der Waals surface area contributed by atoms with Crippen molar-refractivity contribution in [2.45, 2.75) is 89.9 Å². The van der Waals surface area contributed by atoms with Crippen LogP contribution >= 0.6 is 0 Å². The number of hydrogen-bond acceptors (Lipinski definition) is 2. The summed E-state index contributed by atoms with van der Waals surface area (Å²) in [7, 11) is 0. The van der Waals surface area contributed by atoms with E-state index >= 15 is 0 Å². The van der Waals surface area contributed by atoms with Crippen molar-refractivity contribution in [3.63, 3.8) is 0 Å². The third kappa shape index (κ3) is 4.95. The Morgan fingerprint density at radius 2 is 1.04 bits per heavy atom. The van der Waals surface area contributed by atoms with Gasteiger partial charge in [0.15, 0.2) is 0 Å². The van der Waals surface area contributed by atoms with Crippen LogP contribution in [0.25, 0.3) is 0 Å². The van der Waals surface area contributed by atoms with Gasteiger partial charge in [0.2, 0.25) is 0 Å². The van der Waals surface area contributed by atoms with E-state index in [9.17, 15) is 19.8 Å². The lowest BCUT2D eigenvalue weighted by atomic mass is 9.55. The largest absolute Gasteiger partial charge is 0.481 e. The molecule has 0 saturated heterocycles. The van der Waals surface area contributed by atoms with Crippen LogP contribution in [0.2, 0.25) is 0 Å². The summed E-state index contributed by atoms with van der Waals surface area (Å²) in [5.41, 5.74) is -0.0579. The highest BCUT2D eigenvalue weighted by Gasteiger charge is 2.45. The summed E-state index contributed by atoms with van der Waals surface area (Å²) in [4.78, 5) is 22.5. The Morgan fingerprint density at radius 3 is 1.35 bits per heavy atom. The minimum absolute atomic E-state index is 0.0579. The molecule has 0 spiro atoms. The molecule has 0 atom stereocenters. The molecule has 132 valence electrons. The molecule has 2 N–H and O–H groups in total. The highest BCUT2D eigenvalue weighted by molar-refractivity contribution is 5.67. The van der Waals surface area contributed by atoms with Gasteiger partial charge in [-0.25, -0.2) is 0 Å². The summed E-state index contributed by atoms with van der Waals surface area (Å²) in [5.74, 6) is -0.427. The van der Waals surface area contributed by atoms with E-state index in [-0.39, 0.29) is 18.3 Å². The molecule has 0 aromatic heterocycles. The lowest BCUT2D eigenvalue weighted by Crippen LogP contribution is -2.41. The van der Waals surface area contributed by atoms with Gasteiger partial charge >= 0.3 is 11.9 Å². The predicted octanol–water partition coefficient (Wildman–Crippen LogP) is 4.86. The summed E-state index contributed by atoms with van der Waals surface area (Å²) in [6.45, 7) is 0. The standard InChI is InChI=1S/C19H32O4/c20-17(21)11-13-19(14-12-18(22)23,15-7-3-1-4-8-15)16-9-5-2-6-10-16/h15-16H,1-14H2,(H,20,21)(H,22,23). The van der Waals surface area contributed by atoms with Crippen LogP contribution in [0, 0.1) is 17.3 Å². The molecule has 0 unspecified atom stereocenters. The Morgan fingerprint density at radius 1 is 0.696 bits per heavy atom. The van der Waals surface area contributed by atoms with Gasteiger partial charge in [-0.15, -0.1) is 0 Å². The first-order valence-corrected chi connectivity index (χ1v) is 9.48. The molecule has 0 aromatic rings. The molecule has 0 aliphatic heterocycles. The van der Waals surface area contributed by atoms with E-state index in [0.29, 0.717) is 24.7 Å². The van der Waals surface area contributed by atoms with Crippen molar-refractivity contribution in [1.82, 2.24) is 0 Å². The minimum atomic E-state index is -0.740. The number of carbonyl (C=O) groups is 2. The highest BCUT2D eigenvalue weighted by atomic mass is 16.4. The summed E-state index contributed by atoms with van der Waals surface area (Å²) >= 11 is 0. The highest BCUT2D eigenvalue weighted by Crippen LogP contribution is 2.54. The van der Waals surface area contributed by atoms with Crippen LogP contribution in [0.1, 0.15) is 89.9 Å². The van der Waals surface area contributed by atoms with E-state index < -0.39 is 11.9 Å². The molecule has 2 aliphatic rings. The fourth-order valence-corrected chi connectivity index (χ4v) is 5.31. The van der Waals surface area contributed by atoms with Gasteiger partial charge in [0.1, 0.15) is 0 Å². The molecule has 2 rings (SSSR count). The Labute approximate surface area is 139 Å². The lowest BCUT2D eigenvalue weighted by molar-refractivity contribution is -0.139. The van der Waals surface area contributed by atoms with Crippen LogP contribution in [-0.4, -0.2) is 22.2 Å².